The van der Waals surface area contributed by atoms with Crippen molar-refractivity contribution in [1.29, 1.82) is 0 Å². The monoisotopic (exact) mass is 562 g/mol. The molecule has 2 N–H and O–H groups in total. The first-order valence-electron chi connectivity index (χ1n) is 13.7. The zero-order chi connectivity index (χ0) is 29.3. The van der Waals surface area contributed by atoms with E-state index in [1.54, 1.807) is 38.4 Å². The van der Waals surface area contributed by atoms with Gasteiger partial charge < -0.3 is 34.2 Å². The van der Waals surface area contributed by atoms with E-state index in [0.717, 1.165) is 43.1 Å². The second-order valence-corrected chi connectivity index (χ2v) is 10.9. The van der Waals surface area contributed by atoms with Crippen molar-refractivity contribution in [2.24, 2.45) is 0 Å². The lowest BCUT2D eigenvalue weighted by molar-refractivity contribution is -0.136. The molecule has 2 amide bonds. The van der Waals surface area contributed by atoms with Gasteiger partial charge in [0.2, 0.25) is 5.91 Å². The molecule has 2 aliphatic rings. The highest BCUT2D eigenvalue weighted by Crippen LogP contribution is 2.42. The van der Waals surface area contributed by atoms with Crippen molar-refractivity contribution in [1.82, 2.24) is 20.0 Å². The Morgan fingerprint density at radius 1 is 0.976 bits per heavy atom. The fourth-order valence-electron chi connectivity index (χ4n) is 5.59. The van der Waals surface area contributed by atoms with Gasteiger partial charge >= 0.3 is 0 Å². The molecule has 0 saturated carbocycles. The van der Waals surface area contributed by atoms with Crippen LogP contribution in [0.2, 0.25) is 0 Å². The number of methoxy groups -OCH3 is 3. The summed E-state index contributed by atoms with van der Waals surface area (Å²) in [5, 5.41) is 10.4. The summed E-state index contributed by atoms with van der Waals surface area (Å²) < 4.78 is 16.4. The number of carbonyl (C=O) groups excluding carboxylic acids is 2. The highest BCUT2D eigenvalue weighted by Gasteiger charge is 2.44. The molecule has 1 aromatic heterocycles. The molecule has 11 nitrogen and oxygen atoms in total. The molecule has 0 aliphatic carbocycles. The molecule has 0 bridgehead atoms. The fourth-order valence-corrected chi connectivity index (χ4v) is 5.59. The molecule has 218 valence electrons. The predicted molar refractivity (Wildman–Crippen MR) is 156 cm³/mol. The van der Waals surface area contributed by atoms with Crippen molar-refractivity contribution in [3.8, 4) is 17.2 Å². The van der Waals surface area contributed by atoms with Crippen LogP contribution in [-0.2, 0) is 23.3 Å². The maximum atomic E-state index is 13.7. The van der Waals surface area contributed by atoms with E-state index in [-0.39, 0.29) is 18.2 Å². The molecule has 3 aromatic rings. The maximum Gasteiger partial charge on any atom is 0.256 e. The van der Waals surface area contributed by atoms with E-state index in [0.29, 0.717) is 40.7 Å². The summed E-state index contributed by atoms with van der Waals surface area (Å²) in [7, 11) is 6.79. The minimum atomic E-state index is -0.667. The van der Waals surface area contributed by atoms with Crippen molar-refractivity contribution in [3.63, 3.8) is 0 Å². The molecule has 5 rings (SSSR count). The van der Waals surface area contributed by atoms with E-state index < -0.39 is 5.54 Å². The second-order valence-electron chi connectivity index (χ2n) is 10.9. The van der Waals surface area contributed by atoms with Gasteiger partial charge in [-0.15, -0.1) is 0 Å². The van der Waals surface area contributed by atoms with Gasteiger partial charge in [0.1, 0.15) is 17.2 Å². The van der Waals surface area contributed by atoms with Gasteiger partial charge in [0.15, 0.2) is 5.82 Å². The van der Waals surface area contributed by atoms with Crippen molar-refractivity contribution in [2.45, 2.75) is 32.4 Å². The number of hydrogen-bond donors (Lipinski definition) is 2. The number of hydrogen-bond acceptors (Lipinski definition) is 8. The summed E-state index contributed by atoms with van der Waals surface area (Å²) in [5.41, 5.74) is 3.21. The lowest BCUT2D eigenvalue weighted by Gasteiger charge is -2.34. The number of rotatable bonds is 8. The highest BCUT2D eigenvalue weighted by atomic mass is 16.5. The Kier molecular flexibility index (Phi) is 7.81. The maximum absolute atomic E-state index is 13.7. The zero-order valence-electron chi connectivity index (χ0n) is 24.5. The van der Waals surface area contributed by atoms with E-state index in [2.05, 4.69) is 32.4 Å². The smallest absolute Gasteiger partial charge is 0.256 e. The standard InChI is InChI=1S/C30H38N6O5/c1-30(2)27-23(18-36(30)26(37)17-22-24(40-5)15-21(39-4)16-25(22)41-6)28(33-32-27)31-29(38)19-7-9-20(10-8-19)35-13-11-34(3)12-14-35/h7-10,15-16H,11-14,17-18H2,1-6H3,(H2,31,32,33,38). The van der Waals surface area contributed by atoms with E-state index in [1.165, 1.54) is 0 Å². The highest BCUT2D eigenvalue weighted by molar-refractivity contribution is 6.04. The average molecular weight is 563 g/mol. The number of nitrogens with one attached hydrogen (secondary N) is 2. The van der Waals surface area contributed by atoms with Gasteiger partial charge in [0.25, 0.3) is 5.91 Å². The predicted octanol–water partition coefficient (Wildman–Crippen LogP) is 3.26. The molecule has 0 atom stereocenters. The molecular formula is C30H38N6O5. The van der Waals surface area contributed by atoms with Crippen LogP contribution in [-0.4, -0.2) is 86.4 Å². The number of piperazine rings is 1. The number of H-pyrrole nitrogens is 1. The Bertz CT molecular complexity index is 1400. The Hall–Kier alpha value is -4.25. The molecule has 0 unspecified atom stereocenters. The number of likely N-dealkylation sites (N-methyl/N-ethyl adjacent to an activating group) is 1. The number of ether oxygens (including phenoxy) is 3. The van der Waals surface area contributed by atoms with Crippen LogP contribution in [0.3, 0.4) is 0 Å². The number of amides is 2. The van der Waals surface area contributed by atoms with Gasteiger partial charge in [-0.05, 0) is 45.2 Å². The van der Waals surface area contributed by atoms with Gasteiger partial charge in [-0.25, -0.2) is 0 Å². The quantitative estimate of drug-likeness (QED) is 0.430. The normalized spacial score (nSPS) is 16.3. The summed E-state index contributed by atoms with van der Waals surface area (Å²) in [4.78, 5) is 33.2. The van der Waals surface area contributed by atoms with Crippen LogP contribution in [0.4, 0.5) is 11.5 Å². The molecule has 2 aliphatic heterocycles. The molecule has 1 fully saturated rings. The minimum Gasteiger partial charge on any atom is -0.496 e. The van der Waals surface area contributed by atoms with Crippen LogP contribution >= 0.6 is 0 Å². The Morgan fingerprint density at radius 2 is 1.61 bits per heavy atom. The van der Waals surface area contributed by atoms with Gasteiger partial charge in [0, 0.05) is 60.7 Å². The topological polar surface area (TPSA) is 112 Å². The van der Waals surface area contributed by atoms with Crippen LogP contribution in [0.5, 0.6) is 17.2 Å². The molecule has 1 saturated heterocycles. The van der Waals surface area contributed by atoms with E-state index in [1.807, 2.05) is 38.1 Å². The Balaban J connectivity index is 1.30. The number of fused-ring (bicyclic) bond motifs is 1. The SMILES string of the molecule is COc1cc(OC)c(CC(=O)N2Cc3c(NC(=O)c4ccc(N5CCN(C)CC5)cc4)n[nH]c3C2(C)C)c(OC)c1. The summed E-state index contributed by atoms with van der Waals surface area (Å²) in [6.07, 6.45) is 0.0683. The molecule has 0 spiro atoms. The Morgan fingerprint density at radius 3 is 2.20 bits per heavy atom. The number of anilines is 2. The van der Waals surface area contributed by atoms with E-state index in [4.69, 9.17) is 14.2 Å². The van der Waals surface area contributed by atoms with Gasteiger partial charge in [0.05, 0.1) is 45.5 Å². The number of aromatic nitrogens is 2. The molecule has 41 heavy (non-hydrogen) atoms. The number of carbonyl (C=O) groups is 2. The van der Waals surface area contributed by atoms with Crippen molar-refractivity contribution >= 4 is 23.3 Å². The van der Waals surface area contributed by atoms with E-state index >= 15 is 0 Å². The third kappa shape index (κ3) is 5.41. The first-order valence-corrected chi connectivity index (χ1v) is 13.7. The molecule has 0 radical (unpaired) electrons. The first kappa shape index (κ1) is 28.3. The van der Waals surface area contributed by atoms with Crippen molar-refractivity contribution in [2.75, 3.05) is 64.8 Å². The van der Waals surface area contributed by atoms with Crippen LogP contribution in [0.1, 0.15) is 41.0 Å². The number of aromatic amines is 1. The molecular weight excluding hydrogens is 524 g/mol. The van der Waals surface area contributed by atoms with Gasteiger partial charge in [-0.2, -0.15) is 5.10 Å². The number of benzene rings is 2. The molecule has 2 aromatic carbocycles. The average Bonchev–Trinajstić information content (AvgIpc) is 3.50. The summed E-state index contributed by atoms with van der Waals surface area (Å²) in [5.74, 6) is 1.66. The summed E-state index contributed by atoms with van der Waals surface area (Å²) in [6.45, 7) is 8.18. The third-order valence-electron chi connectivity index (χ3n) is 8.15. The van der Waals surface area contributed by atoms with Crippen LogP contribution in [0.15, 0.2) is 36.4 Å². The molecule has 11 heteroatoms. The largest absolute Gasteiger partial charge is 0.496 e. The van der Waals surface area contributed by atoms with Gasteiger partial charge in [-0.3, -0.25) is 14.7 Å². The lowest BCUT2D eigenvalue weighted by atomic mass is 9.99. The van der Waals surface area contributed by atoms with E-state index in [9.17, 15) is 9.59 Å². The fraction of sp³-hybridized carbons (Fsp3) is 0.433. The second kappa shape index (κ2) is 11.3. The Labute approximate surface area is 240 Å². The third-order valence-corrected chi connectivity index (χ3v) is 8.15. The van der Waals surface area contributed by atoms with Crippen molar-refractivity contribution < 1.29 is 23.8 Å². The first-order chi connectivity index (χ1) is 19.7. The summed E-state index contributed by atoms with van der Waals surface area (Å²) in [6, 6.07) is 11.1. The van der Waals surface area contributed by atoms with Crippen LogP contribution in [0, 0.1) is 0 Å². The van der Waals surface area contributed by atoms with Crippen molar-refractivity contribution in [3.05, 3.63) is 58.8 Å². The van der Waals surface area contributed by atoms with Crippen LogP contribution in [0.25, 0.3) is 0 Å². The lowest BCUT2D eigenvalue weighted by Crippen LogP contribution is -2.44. The number of nitrogens with zero attached hydrogens (tertiary/aromatic N) is 4. The van der Waals surface area contributed by atoms with Gasteiger partial charge in [-0.1, -0.05) is 0 Å². The van der Waals surface area contributed by atoms with Crippen LogP contribution < -0.4 is 24.4 Å². The minimum absolute atomic E-state index is 0.0683. The molecule has 3 heterocycles. The summed E-state index contributed by atoms with van der Waals surface area (Å²) >= 11 is 0. The zero-order valence-corrected chi connectivity index (χ0v) is 24.5.